The summed E-state index contributed by atoms with van der Waals surface area (Å²) in [7, 11) is 0. The van der Waals surface area contributed by atoms with Crippen LogP contribution in [0.25, 0.3) is 5.69 Å². The van der Waals surface area contributed by atoms with Crippen molar-refractivity contribution >= 4 is 22.6 Å². The Kier molecular flexibility index (Phi) is 3.82. The van der Waals surface area contributed by atoms with Gasteiger partial charge in [0, 0.05) is 16.7 Å². The van der Waals surface area contributed by atoms with Crippen molar-refractivity contribution in [3.8, 4) is 11.6 Å². The third-order valence-electron chi connectivity index (χ3n) is 2.19. The minimum atomic E-state index is 0.678. The number of benzene rings is 1. The van der Waals surface area contributed by atoms with Crippen molar-refractivity contribution in [1.29, 1.82) is 0 Å². The second-order valence-electron chi connectivity index (χ2n) is 3.47. The van der Waals surface area contributed by atoms with Crippen LogP contribution in [-0.2, 0) is 0 Å². The molecule has 0 radical (unpaired) electrons. The van der Waals surface area contributed by atoms with E-state index in [4.69, 9.17) is 4.74 Å². The number of aromatic nitrogens is 2. The number of halogens is 1. The van der Waals surface area contributed by atoms with Crippen LogP contribution in [0.1, 0.15) is 5.56 Å². The van der Waals surface area contributed by atoms with Gasteiger partial charge in [0.15, 0.2) is 0 Å². The van der Waals surface area contributed by atoms with E-state index < -0.39 is 0 Å². The van der Waals surface area contributed by atoms with Gasteiger partial charge in [-0.1, -0.05) is 40.3 Å². The Morgan fingerprint density at radius 3 is 2.69 bits per heavy atom. The number of aryl methyl sites for hydroxylation is 1. The molecule has 0 amide bonds. The molecule has 16 heavy (non-hydrogen) atoms. The highest BCUT2D eigenvalue weighted by Gasteiger charge is 2.01. The van der Waals surface area contributed by atoms with Crippen molar-refractivity contribution in [2.24, 2.45) is 0 Å². The Balaban J connectivity index is 2.15. The average molecular weight is 328 g/mol. The number of ether oxygens (including phenoxy) is 1. The molecule has 3 nitrogen and oxygen atoms in total. The van der Waals surface area contributed by atoms with E-state index >= 15 is 0 Å². The van der Waals surface area contributed by atoms with Crippen molar-refractivity contribution < 1.29 is 4.74 Å². The molecule has 84 valence electrons. The highest BCUT2D eigenvalue weighted by molar-refractivity contribution is 14.1. The summed E-state index contributed by atoms with van der Waals surface area (Å²) in [5.41, 5.74) is 2.30. The topological polar surface area (TPSA) is 27.1 Å². The lowest BCUT2D eigenvalue weighted by atomic mass is 10.2. The average Bonchev–Trinajstić information content (AvgIpc) is 2.76. The van der Waals surface area contributed by atoms with Gasteiger partial charge in [0.05, 0.1) is 12.3 Å². The molecular formula is C12H13IN2O. The van der Waals surface area contributed by atoms with Gasteiger partial charge in [0.1, 0.15) is 0 Å². The molecule has 1 aromatic heterocycles. The zero-order chi connectivity index (χ0) is 11.4. The number of alkyl halides is 1. The molecule has 2 rings (SSSR count). The Bertz CT molecular complexity index is 450. The van der Waals surface area contributed by atoms with Crippen LogP contribution in [0.5, 0.6) is 5.88 Å². The Morgan fingerprint density at radius 2 is 2.00 bits per heavy atom. The van der Waals surface area contributed by atoms with Crippen molar-refractivity contribution in [3.63, 3.8) is 0 Å². The minimum absolute atomic E-state index is 0.678. The van der Waals surface area contributed by atoms with Crippen LogP contribution in [0.4, 0.5) is 0 Å². The molecule has 0 saturated carbocycles. The normalized spacial score (nSPS) is 10.4. The Hall–Kier alpha value is -1.04. The molecule has 0 saturated heterocycles. The van der Waals surface area contributed by atoms with Crippen LogP contribution < -0.4 is 4.74 Å². The van der Waals surface area contributed by atoms with Gasteiger partial charge in [-0.15, -0.1) is 5.10 Å². The first-order chi connectivity index (χ1) is 7.79. The summed E-state index contributed by atoms with van der Waals surface area (Å²) in [5.74, 6) is 0.678. The maximum Gasteiger partial charge on any atom is 0.233 e. The molecule has 2 aromatic rings. The summed E-state index contributed by atoms with van der Waals surface area (Å²) in [6, 6.07) is 10.1. The summed E-state index contributed by atoms with van der Waals surface area (Å²) in [4.78, 5) is 0. The van der Waals surface area contributed by atoms with Crippen molar-refractivity contribution in [2.45, 2.75) is 6.92 Å². The van der Waals surface area contributed by atoms with Crippen LogP contribution in [0.3, 0.4) is 0 Å². The molecule has 0 bridgehead atoms. The summed E-state index contributed by atoms with van der Waals surface area (Å²) < 4.78 is 8.23. The smallest absolute Gasteiger partial charge is 0.233 e. The van der Waals surface area contributed by atoms with E-state index in [1.54, 1.807) is 0 Å². The molecule has 0 aliphatic carbocycles. The molecule has 1 heterocycles. The van der Waals surface area contributed by atoms with Gasteiger partial charge in [-0.05, 0) is 19.1 Å². The Morgan fingerprint density at radius 1 is 1.25 bits per heavy atom. The van der Waals surface area contributed by atoms with E-state index in [-0.39, 0.29) is 0 Å². The van der Waals surface area contributed by atoms with Crippen LogP contribution in [0.2, 0.25) is 0 Å². The molecule has 0 atom stereocenters. The lowest BCUT2D eigenvalue weighted by Gasteiger charge is -2.01. The molecule has 0 unspecified atom stereocenters. The molecule has 4 heteroatoms. The molecule has 0 spiro atoms. The number of hydrogen-bond acceptors (Lipinski definition) is 2. The van der Waals surface area contributed by atoms with Crippen molar-refractivity contribution in [2.75, 3.05) is 11.0 Å². The number of nitrogens with zero attached hydrogens (tertiary/aromatic N) is 2. The van der Waals surface area contributed by atoms with E-state index in [2.05, 4.69) is 46.7 Å². The van der Waals surface area contributed by atoms with Gasteiger partial charge < -0.3 is 4.74 Å². The Labute approximate surface area is 109 Å². The fraction of sp³-hybridized carbons (Fsp3) is 0.250. The van der Waals surface area contributed by atoms with E-state index in [1.807, 2.05) is 29.1 Å². The summed E-state index contributed by atoms with van der Waals surface area (Å²) >= 11 is 2.28. The summed E-state index contributed by atoms with van der Waals surface area (Å²) in [5, 5.41) is 4.34. The van der Waals surface area contributed by atoms with E-state index in [9.17, 15) is 0 Å². The first-order valence-corrected chi connectivity index (χ1v) is 6.63. The SMILES string of the molecule is Cc1ccc(-n2ccc(OCCI)n2)cc1. The standard InChI is InChI=1S/C12H13IN2O/c1-10-2-4-11(5-3-10)15-8-6-12(14-15)16-9-7-13/h2-6,8H,7,9H2,1H3. The van der Waals surface area contributed by atoms with Crippen LogP contribution >= 0.6 is 22.6 Å². The predicted molar refractivity (Wildman–Crippen MR) is 72.7 cm³/mol. The van der Waals surface area contributed by atoms with Gasteiger partial charge in [0.2, 0.25) is 5.88 Å². The van der Waals surface area contributed by atoms with E-state index in [0.29, 0.717) is 12.5 Å². The highest BCUT2D eigenvalue weighted by atomic mass is 127. The van der Waals surface area contributed by atoms with Gasteiger partial charge >= 0.3 is 0 Å². The van der Waals surface area contributed by atoms with Gasteiger partial charge in [-0.2, -0.15) is 0 Å². The maximum atomic E-state index is 5.44. The zero-order valence-electron chi connectivity index (χ0n) is 9.06. The molecule has 0 aliphatic heterocycles. The van der Waals surface area contributed by atoms with Gasteiger partial charge in [0.25, 0.3) is 0 Å². The minimum Gasteiger partial charge on any atom is -0.476 e. The second-order valence-corrected chi connectivity index (χ2v) is 4.55. The number of hydrogen-bond donors (Lipinski definition) is 0. The molecule has 0 fully saturated rings. The fourth-order valence-electron chi connectivity index (χ4n) is 1.37. The van der Waals surface area contributed by atoms with Gasteiger partial charge in [-0.25, -0.2) is 4.68 Å². The predicted octanol–water partition coefficient (Wildman–Crippen LogP) is 2.99. The quantitative estimate of drug-likeness (QED) is 0.637. The third-order valence-corrected chi connectivity index (χ3v) is 2.63. The van der Waals surface area contributed by atoms with Crippen molar-refractivity contribution in [3.05, 3.63) is 42.1 Å². The largest absolute Gasteiger partial charge is 0.476 e. The lowest BCUT2D eigenvalue weighted by Crippen LogP contribution is -2.00. The van der Waals surface area contributed by atoms with Crippen LogP contribution in [-0.4, -0.2) is 20.8 Å². The molecule has 1 aromatic carbocycles. The molecule has 0 N–H and O–H groups in total. The van der Waals surface area contributed by atoms with Gasteiger partial charge in [-0.3, -0.25) is 0 Å². The first kappa shape index (κ1) is 11.4. The summed E-state index contributed by atoms with van der Waals surface area (Å²) in [6.45, 7) is 2.77. The fourth-order valence-corrected chi connectivity index (χ4v) is 1.59. The third kappa shape index (κ3) is 2.75. The first-order valence-electron chi connectivity index (χ1n) is 5.11. The highest BCUT2D eigenvalue weighted by Crippen LogP contribution is 2.12. The molecule has 0 aliphatic rings. The van der Waals surface area contributed by atoms with E-state index in [1.165, 1.54) is 5.56 Å². The second kappa shape index (κ2) is 5.34. The zero-order valence-corrected chi connectivity index (χ0v) is 11.2. The van der Waals surface area contributed by atoms with E-state index in [0.717, 1.165) is 10.1 Å². The molecular weight excluding hydrogens is 315 g/mol. The monoisotopic (exact) mass is 328 g/mol. The maximum absolute atomic E-state index is 5.44. The van der Waals surface area contributed by atoms with Crippen LogP contribution in [0.15, 0.2) is 36.5 Å². The summed E-state index contributed by atoms with van der Waals surface area (Å²) in [6.07, 6.45) is 1.91. The number of rotatable bonds is 4. The van der Waals surface area contributed by atoms with Crippen molar-refractivity contribution in [1.82, 2.24) is 9.78 Å². The van der Waals surface area contributed by atoms with Crippen LogP contribution in [0, 0.1) is 6.92 Å². The lowest BCUT2D eigenvalue weighted by molar-refractivity contribution is 0.330.